The Labute approximate surface area is 95.7 Å². The summed E-state index contributed by atoms with van der Waals surface area (Å²) in [7, 11) is 1.68. The molecule has 0 heterocycles. The quantitative estimate of drug-likeness (QED) is 0.811. The molecule has 1 aromatic rings. The minimum absolute atomic E-state index is 0.0550. The van der Waals surface area contributed by atoms with E-state index in [-0.39, 0.29) is 23.6 Å². The van der Waals surface area contributed by atoms with Crippen molar-refractivity contribution in [3.63, 3.8) is 0 Å². The lowest BCUT2D eigenvalue weighted by atomic mass is 10.0. The van der Waals surface area contributed by atoms with Crippen LogP contribution < -0.4 is 10.6 Å². The molecule has 4 heteroatoms. The Morgan fingerprint density at radius 2 is 2.06 bits per heavy atom. The third kappa shape index (κ3) is 2.73. The van der Waals surface area contributed by atoms with Crippen LogP contribution in [0.5, 0.6) is 5.75 Å². The number of phenolic OH excluding ortho intramolecular Hbond substituents is 1. The summed E-state index contributed by atoms with van der Waals surface area (Å²) in [5.41, 5.74) is 6.35. The molecule has 2 atom stereocenters. The molecule has 0 fully saturated rings. The molecule has 4 nitrogen and oxygen atoms in total. The van der Waals surface area contributed by atoms with E-state index in [1.54, 1.807) is 45.2 Å². The number of benzene rings is 1. The predicted molar refractivity (Wildman–Crippen MR) is 64.3 cm³/mol. The Kier molecular flexibility index (Phi) is 3.90. The third-order valence-corrected chi connectivity index (χ3v) is 2.73. The molecule has 0 aliphatic heterocycles. The van der Waals surface area contributed by atoms with Crippen molar-refractivity contribution >= 4 is 11.6 Å². The van der Waals surface area contributed by atoms with Crippen LogP contribution in [0.4, 0.5) is 5.69 Å². The average Bonchev–Trinajstić information content (AvgIpc) is 2.26. The summed E-state index contributed by atoms with van der Waals surface area (Å²) in [6.45, 7) is 3.60. The van der Waals surface area contributed by atoms with Crippen molar-refractivity contribution in [3.8, 4) is 5.75 Å². The SMILES string of the molecule is CC(N)C(C)C(=O)N(C)c1cccc(O)c1. The van der Waals surface area contributed by atoms with Gasteiger partial charge in [0.25, 0.3) is 0 Å². The zero-order valence-electron chi connectivity index (χ0n) is 9.84. The number of carbonyl (C=O) groups excluding carboxylic acids is 1. The van der Waals surface area contributed by atoms with Crippen LogP contribution in [0.2, 0.25) is 0 Å². The van der Waals surface area contributed by atoms with Crippen LogP contribution in [0, 0.1) is 5.92 Å². The highest BCUT2D eigenvalue weighted by atomic mass is 16.3. The maximum absolute atomic E-state index is 12.0. The first-order valence-corrected chi connectivity index (χ1v) is 5.25. The molecule has 0 saturated carbocycles. The third-order valence-electron chi connectivity index (χ3n) is 2.73. The first-order chi connectivity index (χ1) is 7.43. The number of hydrogen-bond donors (Lipinski definition) is 2. The highest BCUT2D eigenvalue weighted by Gasteiger charge is 2.21. The second kappa shape index (κ2) is 4.99. The first kappa shape index (κ1) is 12.5. The summed E-state index contributed by atoms with van der Waals surface area (Å²) >= 11 is 0. The molecule has 16 heavy (non-hydrogen) atoms. The van der Waals surface area contributed by atoms with Gasteiger partial charge in [0.15, 0.2) is 0 Å². The lowest BCUT2D eigenvalue weighted by molar-refractivity contribution is -0.122. The summed E-state index contributed by atoms with van der Waals surface area (Å²) in [6.07, 6.45) is 0. The fourth-order valence-electron chi connectivity index (χ4n) is 1.36. The Morgan fingerprint density at radius 3 is 2.56 bits per heavy atom. The summed E-state index contributed by atoms with van der Waals surface area (Å²) in [6, 6.07) is 6.39. The minimum Gasteiger partial charge on any atom is -0.508 e. The monoisotopic (exact) mass is 222 g/mol. The van der Waals surface area contributed by atoms with Gasteiger partial charge in [0.05, 0.1) is 5.92 Å². The molecule has 1 amide bonds. The molecule has 88 valence electrons. The summed E-state index contributed by atoms with van der Waals surface area (Å²) < 4.78 is 0. The van der Waals surface area contributed by atoms with E-state index in [1.165, 1.54) is 4.90 Å². The van der Waals surface area contributed by atoms with E-state index in [2.05, 4.69) is 0 Å². The fraction of sp³-hybridized carbons (Fsp3) is 0.417. The summed E-state index contributed by atoms with van der Waals surface area (Å²) in [5.74, 6) is -0.154. The van der Waals surface area contributed by atoms with Crippen molar-refractivity contribution in [3.05, 3.63) is 24.3 Å². The molecule has 2 unspecified atom stereocenters. The molecule has 3 N–H and O–H groups in total. The number of rotatable bonds is 3. The molecule has 0 aromatic heterocycles. The van der Waals surface area contributed by atoms with Crippen molar-refractivity contribution in [1.82, 2.24) is 0 Å². The molecular formula is C12H18N2O2. The van der Waals surface area contributed by atoms with E-state index < -0.39 is 0 Å². The molecular weight excluding hydrogens is 204 g/mol. The topological polar surface area (TPSA) is 66.6 Å². The lowest BCUT2D eigenvalue weighted by Crippen LogP contribution is -2.39. The maximum Gasteiger partial charge on any atom is 0.231 e. The van der Waals surface area contributed by atoms with Crippen molar-refractivity contribution in [2.75, 3.05) is 11.9 Å². The number of anilines is 1. The summed E-state index contributed by atoms with van der Waals surface area (Å²) in [5, 5.41) is 9.33. The van der Waals surface area contributed by atoms with Crippen LogP contribution in [0.1, 0.15) is 13.8 Å². The minimum atomic E-state index is -0.243. The number of nitrogens with two attached hydrogens (primary N) is 1. The normalized spacial score (nSPS) is 14.2. The largest absolute Gasteiger partial charge is 0.508 e. The fourth-order valence-corrected chi connectivity index (χ4v) is 1.36. The van der Waals surface area contributed by atoms with Crippen LogP contribution in [0.3, 0.4) is 0 Å². The zero-order valence-corrected chi connectivity index (χ0v) is 9.84. The van der Waals surface area contributed by atoms with Crippen molar-refractivity contribution < 1.29 is 9.90 Å². The summed E-state index contributed by atoms with van der Waals surface area (Å²) in [4.78, 5) is 13.5. The van der Waals surface area contributed by atoms with Crippen LogP contribution in [-0.4, -0.2) is 24.1 Å². The molecule has 0 saturated heterocycles. The van der Waals surface area contributed by atoms with Gasteiger partial charge in [-0.05, 0) is 19.1 Å². The zero-order chi connectivity index (χ0) is 12.3. The van der Waals surface area contributed by atoms with Crippen LogP contribution in [0.25, 0.3) is 0 Å². The number of phenols is 1. The van der Waals surface area contributed by atoms with Crippen molar-refractivity contribution in [2.24, 2.45) is 11.7 Å². The van der Waals surface area contributed by atoms with Gasteiger partial charge in [0.2, 0.25) is 5.91 Å². The Hall–Kier alpha value is -1.55. The van der Waals surface area contributed by atoms with Gasteiger partial charge in [-0.3, -0.25) is 4.79 Å². The predicted octanol–water partition coefficient (Wildman–Crippen LogP) is 1.34. The van der Waals surface area contributed by atoms with Gasteiger partial charge in [0, 0.05) is 24.8 Å². The van der Waals surface area contributed by atoms with E-state index in [0.717, 1.165) is 0 Å². The molecule has 0 aliphatic carbocycles. The molecule has 0 radical (unpaired) electrons. The van der Waals surface area contributed by atoms with Crippen LogP contribution in [0.15, 0.2) is 24.3 Å². The Morgan fingerprint density at radius 1 is 1.44 bits per heavy atom. The van der Waals surface area contributed by atoms with Gasteiger partial charge in [-0.2, -0.15) is 0 Å². The van der Waals surface area contributed by atoms with E-state index in [0.29, 0.717) is 5.69 Å². The van der Waals surface area contributed by atoms with Gasteiger partial charge < -0.3 is 15.7 Å². The van der Waals surface area contributed by atoms with Gasteiger partial charge in [-0.15, -0.1) is 0 Å². The van der Waals surface area contributed by atoms with Crippen LogP contribution in [-0.2, 0) is 4.79 Å². The van der Waals surface area contributed by atoms with Crippen LogP contribution >= 0.6 is 0 Å². The number of nitrogens with zero attached hydrogens (tertiary/aromatic N) is 1. The number of aromatic hydroxyl groups is 1. The second-order valence-corrected chi connectivity index (χ2v) is 4.06. The molecule has 1 aromatic carbocycles. The number of amides is 1. The van der Waals surface area contributed by atoms with Gasteiger partial charge in [-0.25, -0.2) is 0 Å². The highest BCUT2D eigenvalue weighted by Crippen LogP contribution is 2.20. The lowest BCUT2D eigenvalue weighted by Gasteiger charge is -2.23. The van der Waals surface area contributed by atoms with Gasteiger partial charge in [-0.1, -0.05) is 13.0 Å². The average molecular weight is 222 g/mol. The highest BCUT2D eigenvalue weighted by molar-refractivity contribution is 5.94. The van der Waals surface area contributed by atoms with E-state index >= 15 is 0 Å². The molecule has 0 bridgehead atoms. The Bertz CT molecular complexity index is 377. The smallest absolute Gasteiger partial charge is 0.231 e. The standard InChI is InChI=1S/C12H18N2O2/c1-8(9(2)13)12(16)14(3)10-5-4-6-11(15)7-10/h4-9,15H,13H2,1-3H3. The Balaban J connectivity index is 2.86. The molecule has 0 spiro atoms. The number of carbonyl (C=O) groups is 1. The van der Waals surface area contributed by atoms with Gasteiger partial charge in [0.1, 0.15) is 5.75 Å². The van der Waals surface area contributed by atoms with Gasteiger partial charge >= 0.3 is 0 Å². The van der Waals surface area contributed by atoms with E-state index in [1.807, 2.05) is 0 Å². The van der Waals surface area contributed by atoms with E-state index in [4.69, 9.17) is 5.73 Å². The van der Waals surface area contributed by atoms with Crippen molar-refractivity contribution in [2.45, 2.75) is 19.9 Å². The molecule has 1 rings (SSSR count). The van der Waals surface area contributed by atoms with E-state index in [9.17, 15) is 9.90 Å². The first-order valence-electron chi connectivity index (χ1n) is 5.25. The second-order valence-electron chi connectivity index (χ2n) is 4.06. The maximum atomic E-state index is 12.0. The van der Waals surface area contributed by atoms with Crippen molar-refractivity contribution in [1.29, 1.82) is 0 Å². The molecule has 0 aliphatic rings. The number of hydrogen-bond acceptors (Lipinski definition) is 3.